The number of hydrogen-bond acceptors (Lipinski definition) is 4. The van der Waals surface area contributed by atoms with Crippen molar-refractivity contribution in [2.45, 2.75) is 19.3 Å². The summed E-state index contributed by atoms with van der Waals surface area (Å²) in [7, 11) is 0. The number of nitrogens with two attached hydrogens (primary N) is 1. The highest BCUT2D eigenvalue weighted by molar-refractivity contribution is 5.64. The van der Waals surface area contributed by atoms with Gasteiger partial charge in [0.25, 0.3) is 0 Å². The Morgan fingerprint density at radius 2 is 2.16 bits per heavy atom. The number of nitrogens with zero attached hydrogens (tertiary/aromatic N) is 2. The maximum absolute atomic E-state index is 5.63. The van der Waals surface area contributed by atoms with Gasteiger partial charge in [0, 0.05) is 35.6 Å². The summed E-state index contributed by atoms with van der Waals surface area (Å²) in [5, 5.41) is 3.39. The molecule has 4 nitrogen and oxygen atoms in total. The molecule has 0 bridgehead atoms. The number of aryl methyl sites for hydroxylation is 1. The molecule has 3 N–H and O–H groups in total. The van der Waals surface area contributed by atoms with Gasteiger partial charge in [-0.25, -0.2) is 4.98 Å². The van der Waals surface area contributed by atoms with Crippen molar-refractivity contribution in [2.75, 3.05) is 18.8 Å². The van der Waals surface area contributed by atoms with Crippen LogP contribution in [-0.2, 0) is 0 Å². The molecule has 1 atom stereocenters. The van der Waals surface area contributed by atoms with Gasteiger partial charge in [-0.2, -0.15) is 0 Å². The van der Waals surface area contributed by atoms with E-state index in [0.717, 1.165) is 30.8 Å². The van der Waals surface area contributed by atoms with Gasteiger partial charge in [0.2, 0.25) is 0 Å². The Labute approximate surface area is 113 Å². The molecular formula is C15H18N4. The van der Waals surface area contributed by atoms with E-state index in [0.29, 0.717) is 11.7 Å². The Balaban J connectivity index is 1.99. The average molecular weight is 254 g/mol. The lowest BCUT2D eigenvalue weighted by Crippen LogP contribution is -2.09. The molecule has 0 aromatic carbocycles. The van der Waals surface area contributed by atoms with E-state index in [-0.39, 0.29) is 0 Å². The van der Waals surface area contributed by atoms with Crippen LogP contribution in [0.4, 0.5) is 5.82 Å². The average Bonchev–Trinajstić information content (AvgIpc) is 2.93. The Hall–Kier alpha value is -1.94. The molecule has 0 spiro atoms. The molecule has 0 unspecified atom stereocenters. The molecule has 0 saturated carbocycles. The second-order valence-corrected chi connectivity index (χ2v) is 5.08. The molecule has 1 saturated heterocycles. The third-order valence-electron chi connectivity index (χ3n) is 3.57. The summed E-state index contributed by atoms with van der Waals surface area (Å²) >= 11 is 0. The van der Waals surface area contributed by atoms with Crippen LogP contribution in [0.2, 0.25) is 0 Å². The van der Waals surface area contributed by atoms with Gasteiger partial charge in [-0.05, 0) is 49.7 Å². The fourth-order valence-electron chi connectivity index (χ4n) is 2.55. The van der Waals surface area contributed by atoms with E-state index in [4.69, 9.17) is 5.73 Å². The molecule has 19 heavy (non-hydrogen) atoms. The standard InChI is InChI=1S/C15H18N4/c1-10-6-13(11-2-3-15(16)18-9-11)7-14(19-10)12-4-5-17-8-12/h2-3,6-7,9,12,17H,4-5,8H2,1H3,(H2,16,18)/t12-/m1/s1. The largest absolute Gasteiger partial charge is 0.384 e. The van der Waals surface area contributed by atoms with Crippen LogP contribution in [0, 0.1) is 6.92 Å². The maximum Gasteiger partial charge on any atom is 0.123 e. The summed E-state index contributed by atoms with van der Waals surface area (Å²) in [4.78, 5) is 8.83. The van der Waals surface area contributed by atoms with Crippen LogP contribution >= 0.6 is 0 Å². The SMILES string of the molecule is Cc1cc(-c2ccc(N)nc2)cc([C@@H]2CCNC2)n1. The third kappa shape index (κ3) is 2.58. The first-order valence-corrected chi connectivity index (χ1v) is 6.63. The molecule has 2 aromatic heterocycles. The first-order chi connectivity index (χ1) is 9.22. The highest BCUT2D eigenvalue weighted by atomic mass is 14.9. The Bertz CT molecular complexity index is 571. The second-order valence-electron chi connectivity index (χ2n) is 5.08. The van der Waals surface area contributed by atoms with Crippen molar-refractivity contribution >= 4 is 5.82 Å². The van der Waals surface area contributed by atoms with Crippen molar-refractivity contribution in [3.63, 3.8) is 0 Å². The van der Waals surface area contributed by atoms with Crippen molar-refractivity contribution < 1.29 is 0 Å². The lowest BCUT2D eigenvalue weighted by molar-refractivity contribution is 0.731. The highest BCUT2D eigenvalue weighted by Crippen LogP contribution is 2.26. The van der Waals surface area contributed by atoms with Crippen LogP contribution in [0.1, 0.15) is 23.7 Å². The zero-order valence-corrected chi connectivity index (χ0v) is 11.1. The molecule has 3 heterocycles. The van der Waals surface area contributed by atoms with E-state index in [1.165, 1.54) is 11.3 Å². The van der Waals surface area contributed by atoms with Crippen LogP contribution in [0.5, 0.6) is 0 Å². The van der Waals surface area contributed by atoms with Gasteiger partial charge in [0.05, 0.1) is 0 Å². The molecule has 0 amide bonds. The number of rotatable bonds is 2. The smallest absolute Gasteiger partial charge is 0.123 e. The fraction of sp³-hybridized carbons (Fsp3) is 0.333. The van der Waals surface area contributed by atoms with Crippen molar-refractivity contribution in [3.8, 4) is 11.1 Å². The normalized spacial score (nSPS) is 18.7. The van der Waals surface area contributed by atoms with Gasteiger partial charge in [-0.15, -0.1) is 0 Å². The van der Waals surface area contributed by atoms with Crippen LogP contribution in [-0.4, -0.2) is 23.1 Å². The van der Waals surface area contributed by atoms with Gasteiger partial charge in [0.15, 0.2) is 0 Å². The van der Waals surface area contributed by atoms with Crippen LogP contribution < -0.4 is 11.1 Å². The summed E-state index contributed by atoms with van der Waals surface area (Å²) in [5.41, 5.74) is 10.1. The highest BCUT2D eigenvalue weighted by Gasteiger charge is 2.18. The van der Waals surface area contributed by atoms with Crippen LogP contribution in [0.3, 0.4) is 0 Å². The van der Waals surface area contributed by atoms with Crippen LogP contribution in [0.25, 0.3) is 11.1 Å². The zero-order valence-electron chi connectivity index (χ0n) is 11.1. The molecule has 3 rings (SSSR count). The second kappa shape index (κ2) is 4.97. The van der Waals surface area contributed by atoms with E-state index in [1.54, 1.807) is 0 Å². The quantitative estimate of drug-likeness (QED) is 0.861. The van der Waals surface area contributed by atoms with Crippen molar-refractivity contribution in [1.82, 2.24) is 15.3 Å². The molecule has 0 aliphatic carbocycles. The molecule has 2 aromatic rings. The summed E-state index contributed by atoms with van der Waals surface area (Å²) in [6, 6.07) is 8.12. The molecule has 98 valence electrons. The number of aromatic nitrogens is 2. The summed E-state index contributed by atoms with van der Waals surface area (Å²) in [6.45, 7) is 4.15. The molecule has 1 fully saturated rings. The maximum atomic E-state index is 5.63. The van der Waals surface area contributed by atoms with E-state index in [2.05, 4.69) is 27.4 Å². The van der Waals surface area contributed by atoms with E-state index in [9.17, 15) is 0 Å². The summed E-state index contributed by atoms with van der Waals surface area (Å²) < 4.78 is 0. The third-order valence-corrected chi connectivity index (χ3v) is 3.57. The minimum Gasteiger partial charge on any atom is -0.384 e. The van der Waals surface area contributed by atoms with Crippen molar-refractivity contribution in [2.24, 2.45) is 0 Å². The van der Waals surface area contributed by atoms with Gasteiger partial charge >= 0.3 is 0 Å². The topological polar surface area (TPSA) is 63.8 Å². The molecule has 0 radical (unpaired) electrons. The predicted molar refractivity (Wildman–Crippen MR) is 76.8 cm³/mol. The summed E-state index contributed by atoms with van der Waals surface area (Å²) in [5.74, 6) is 1.08. The lowest BCUT2D eigenvalue weighted by atomic mass is 9.99. The van der Waals surface area contributed by atoms with Gasteiger partial charge in [0.1, 0.15) is 5.82 Å². The van der Waals surface area contributed by atoms with Gasteiger partial charge in [-0.3, -0.25) is 4.98 Å². The lowest BCUT2D eigenvalue weighted by Gasteiger charge is -2.11. The van der Waals surface area contributed by atoms with E-state index in [1.807, 2.05) is 25.3 Å². The summed E-state index contributed by atoms with van der Waals surface area (Å²) in [6.07, 6.45) is 2.98. The minimum atomic E-state index is 0.528. The van der Waals surface area contributed by atoms with Gasteiger partial charge in [-0.1, -0.05) is 0 Å². The molecule has 4 heteroatoms. The minimum absolute atomic E-state index is 0.528. The van der Waals surface area contributed by atoms with Crippen molar-refractivity contribution in [1.29, 1.82) is 0 Å². The fourth-order valence-corrected chi connectivity index (χ4v) is 2.55. The Morgan fingerprint density at radius 3 is 2.84 bits per heavy atom. The number of nitrogens with one attached hydrogen (secondary N) is 1. The van der Waals surface area contributed by atoms with E-state index >= 15 is 0 Å². The number of nitrogen functional groups attached to an aromatic ring is 1. The number of pyridine rings is 2. The van der Waals surface area contributed by atoms with Crippen LogP contribution in [0.15, 0.2) is 30.5 Å². The Morgan fingerprint density at radius 1 is 1.26 bits per heavy atom. The molecule has 1 aliphatic rings. The first kappa shape index (κ1) is 12.1. The van der Waals surface area contributed by atoms with Gasteiger partial charge < -0.3 is 11.1 Å². The zero-order chi connectivity index (χ0) is 13.2. The van der Waals surface area contributed by atoms with E-state index < -0.39 is 0 Å². The predicted octanol–water partition coefficient (Wildman–Crippen LogP) is 2.11. The monoisotopic (exact) mass is 254 g/mol. The molecule has 1 aliphatic heterocycles. The Kier molecular flexibility index (Phi) is 3.17. The number of hydrogen-bond donors (Lipinski definition) is 2. The first-order valence-electron chi connectivity index (χ1n) is 6.63. The number of anilines is 1. The van der Waals surface area contributed by atoms with Crippen molar-refractivity contribution in [3.05, 3.63) is 41.9 Å². The molecular weight excluding hydrogens is 236 g/mol.